The summed E-state index contributed by atoms with van der Waals surface area (Å²) >= 11 is 0. The number of benzene rings is 1. The zero-order valence-corrected chi connectivity index (χ0v) is 14.7. The number of carbonyl (C=O) groups is 1. The third-order valence-corrected chi connectivity index (χ3v) is 3.99. The number of aromatic amines is 1. The van der Waals surface area contributed by atoms with Gasteiger partial charge in [0.05, 0.1) is 17.1 Å². The van der Waals surface area contributed by atoms with Crippen LogP contribution in [0.2, 0.25) is 0 Å². The summed E-state index contributed by atoms with van der Waals surface area (Å²) in [5, 5.41) is 2.97. The lowest BCUT2D eigenvalue weighted by molar-refractivity contribution is -0.127. The van der Waals surface area contributed by atoms with Gasteiger partial charge in [-0.25, -0.2) is 9.37 Å². The number of carbonyl (C=O) groups excluding carboxylic acids is 1. The van der Waals surface area contributed by atoms with Crippen molar-refractivity contribution < 1.29 is 13.9 Å². The summed E-state index contributed by atoms with van der Waals surface area (Å²) in [6, 6.07) is 7.97. The normalized spacial score (nSPS) is 12.5. The summed E-state index contributed by atoms with van der Waals surface area (Å²) in [5.41, 5.74) is 2.21. The molecule has 2 aromatic heterocycles. The van der Waals surface area contributed by atoms with Gasteiger partial charge >= 0.3 is 0 Å². The average molecular weight is 356 g/mol. The first kappa shape index (κ1) is 18.0. The summed E-state index contributed by atoms with van der Waals surface area (Å²) in [5.74, 6) is 0.220. The van der Waals surface area contributed by atoms with E-state index in [4.69, 9.17) is 4.74 Å². The van der Waals surface area contributed by atoms with E-state index in [1.54, 1.807) is 18.5 Å². The zero-order chi connectivity index (χ0) is 18.5. The molecule has 3 rings (SSSR count). The fourth-order valence-electron chi connectivity index (χ4n) is 2.75. The van der Waals surface area contributed by atoms with Crippen molar-refractivity contribution in [1.29, 1.82) is 0 Å². The van der Waals surface area contributed by atoms with Crippen molar-refractivity contribution in [3.8, 4) is 0 Å². The number of pyridine rings is 1. The van der Waals surface area contributed by atoms with Gasteiger partial charge in [-0.05, 0) is 35.7 Å². The van der Waals surface area contributed by atoms with Crippen molar-refractivity contribution in [3.63, 3.8) is 0 Å². The largest absolute Gasteiger partial charge is 0.364 e. The molecule has 0 unspecified atom stereocenters. The molecule has 6 nitrogen and oxygen atoms in total. The van der Waals surface area contributed by atoms with Gasteiger partial charge in [-0.3, -0.25) is 9.78 Å². The van der Waals surface area contributed by atoms with E-state index in [1.807, 2.05) is 26.0 Å². The van der Waals surface area contributed by atoms with Crippen LogP contribution >= 0.6 is 0 Å². The maximum absolute atomic E-state index is 13.2. The Morgan fingerprint density at radius 3 is 2.92 bits per heavy atom. The van der Waals surface area contributed by atoms with Gasteiger partial charge in [0.1, 0.15) is 24.9 Å². The summed E-state index contributed by atoms with van der Waals surface area (Å²) in [6.07, 6.45) is 3.45. The minimum Gasteiger partial charge on any atom is -0.364 e. The lowest BCUT2D eigenvalue weighted by Gasteiger charge is -2.22. The van der Waals surface area contributed by atoms with Crippen LogP contribution in [0.25, 0.3) is 11.0 Å². The molecule has 0 aliphatic heterocycles. The molecule has 0 bridgehead atoms. The Labute approximate surface area is 150 Å². The fraction of sp³-hybridized carbons (Fsp3) is 0.316. The molecule has 7 heteroatoms. The van der Waals surface area contributed by atoms with E-state index in [9.17, 15) is 9.18 Å². The minimum atomic E-state index is -0.330. The zero-order valence-electron chi connectivity index (χ0n) is 14.7. The highest BCUT2D eigenvalue weighted by molar-refractivity contribution is 5.77. The maximum atomic E-state index is 13.2. The third-order valence-electron chi connectivity index (χ3n) is 3.99. The molecule has 3 aromatic rings. The van der Waals surface area contributed by atoms with E-state index in [-0.39, 0.29) is 36.9 Å². The molecule has 1 atom stereocenters. The van der Waals surface area contributed by atoms with Crippen LogP contribution in [0.5, 0.6) is 0 Å². The van der Waals surface area contributed by atoms with Crippen LogP contribution in [0, 0.1) is 11.7 Å². The number of hydrogen-bond acceptors (Lipinski definition) is 4. The number of halogens is 1. The lowest BCUT2D eigenvalue weighted by Crippen LogP contribution is -2.34. The van der Waals surface area contributed by atoms with E-state index in [2.05, 4.69) is 20.3 Å². The first-order valence-electron chi connectivity index (χ1n) is 8.44. The Hall–Kier alpha value is -2.80. The van der Waals surface area contributed by atoms with Crippen LogP contribution in [-0.4, -0.2) is 27.5 Å². The molecule has 136 valence electrons. The summed E-state index contributed by atoms with van der Waals surface area (Å²) in [4.78, 5) is 23.6. The van der Waals surface area contributed by atoms with Crippen LogP contribution in [0.4, 0.5) is 4.39 Å². The number of aromatic nitrogens is 3. The monoisotopic (exact) mass is 356 g/mol. The van der Waals surface area contributed by atoms with Crippen molar-refractivity contribution in [2.24, 2.45) is 5.92 Å². The Kier molecular flexibility index (Phi) is 5.58. The number of H-pyrrole nitrogens is 1. The highest BCUT2D eigenvalue weighted by Gasteiger charge is 2.18. The van der Waals surface area contributed by atoms with E-state index in [1.165, 1.54) is 12.1 Å². The fourth-order valence-corrected chi connectivity index (χ4v) is 2.75. The van der Waals surface area contributed by atoms with Gasteiger partial charge in [0.15, 0.2) is 0 Å². The van der Waals surface area contributed by atoms with Crippen molar-refractivity contribution in [2.45, 2.75) is 26.5 Å². The molecule has 0 aliphatic carbocycles. The Balaban J connectivity index is 1.54. The van der Waals surface area contributed by atoms with Crippen molar-refractivity contribution >= 4 is 16.9 Å². The molecule has 0 radical (unpaired) electrons. The van der Waals surface area contributed by atoms with Crippen molar-refractivity contribution in [3.05, 3.63) is 59.9 Å². The van der Waals surface area contributed by atoms with E-state index in [0.717, 1.165) is 5.56 Å². The molecular weight excluding hydrogens is 335 g/mol. The second kappa shape index (κ2) is 8.05. The van der Waals surface area contributed by atoms with Crippen LogP contribution in [-0.2, 0) is 16.1 Å². The number of fused-ring (bicyclic) bond motifs is 1. The van der Waals surface area contributed by atoms with E-state index in [0.29, 0.717) is 16.9 Å². The van der Waals surface area contributed by atoms with Gasteiger partial charge in [-0.15, -0.1) is 0 Å². The molecule has 0 aliphatic rings. The first-order valence-corrected chi connectivity index (χ1v) is 8.44. The van der Waals surface area contributed by atoms with Gasteiger partial charge in [-0.1, -0.05) is 19.9 Å². The standard InChI is InChI=1S/C19H21FN4O2/c1-12(2)19(13-4-3-7-21-9-13)24-18(25)11-26-10-17-22-15-6-5-14(20)8-16(15)23-17/h3-9,12,19H,10-11H2,1-2H3,(H,22,23)(H,24,25)/t19-/m1/s1. The number of nitrogens with zero attached hydrogens (tertiary/aromatic N) is 2. The number of hydrogen-bond donors (Lipinski definition) is 2. The minimum absolute atomic E-state index is 0.0884. The number of rotatable bonds is 7. The number of nitrogens with one attached hydrogen (secondary N) is 2. The average Bonchev–Trinajstić information content (AvgIpc) is 3.02. The molecule has 0 saturated carbocycles. The van der Waals surface area contributed by atoms with Gasteiger partial charge in [0.2, 0.25) is 5.91 Å². The van der Waals surface area contributed by atoms with Gasteiger partial charge in [0.25, 0.3) is 0 Å². The van der Waals surface area contributed by atoms with Gasteiger partial charge < -0.3 is 15.0 Å². The van der Waals surface area contributed by atoms with Crippen LogP contribution in [0.15, 0.2) is 42.7 Å². The molecular formula is C19H21FN4O2. The number of amides is 1. The lowest BCUT2D eigenvalue weighted by atomic mass is 9.97. The molecule has 1 aromatic carbocycles. The van der Waals surface area contributed by atoms with Crippen LogP contribution in [0.3, 0.4) is 0 Å². The predicted molar refractivity (Wildman–Crippen MR) is 95.7 cm³/mol. The Bertz CT molecular complexity index is 880. The molecule has 0 saturated heterocycles. The van der Waals surface area contributed by atoms with Gasteiger partial charge in [-0.2, -0.15) is 0 Å². The third kappa shape index (κ3) is 4.43. The molecule has 0 spiro atoms. The summed E-state index contributed by atoms with van der Waals surface area (Å²) in [7, 11) is 0. The van der Waals surface area contributed by atoms with Crippen molar-refractivity contribution in [2.75, 3.05) is 6.61 Å². The maximum Gasteiger partial charge on any atom is 0.246 e. The highest BCUT2D eigenvalue weighted by atomic mass is 19.1. The quantitative estimate of drug-likeness (QED) is 0.682. The molecule has 2 N–H and O–H groups in total. The first-order chi connectivity index (χ1) is 12.5. The van der Waals surface area contributed by atoms with Crippen LogP contribution in [0.1, 0.15) is 31.3 Å². The van der Waals surface area contributed by atoms with E-state index < -0.39 is 0 Å². The highest BCUT2D eigenvalue weighted by Crippen LogP contribution is 2.20. The Morgan fingerprint density at radius 1 is 1.35 bits per heavy atom. The second-order valence-electron chi connectivity index (χ2n) is 6.41. The topological polar surface area (TPSA) is 79.9 Å². The Morgan fingerprint density at radius 2 is 2.19 bits per heavy atom. The number of ether oxygens (including phenoxy) is 1. The van der Waals surface area contributed by atoms with Crippen LogP contribution < -0.4 is 5.32 Å². The summed E-state index contributed by atoms with van der Waals surface area (Å²) < 4.78 is 18.6. The summed E-state index contributed by atoms with van der Waals surface area (Å²) in [6.45, 7) is 4.12. The number of imidazole rings is 1. The van der Waals surface area contributed by atoms with Gasteiger partial charge in [0, 0.05) is 12.4 Å². The van der Waals surface area contributed by atoms with Crippen molar-refractivity contribution in [1.82, 2.24) is 20.3 Å². The SMILES string of the molecule is CC(C)[C@@H](NC(=O)COCc1nc2ccc(F)cc2[nH]1)c1cccnc1. The predicted octanol–water partition coefficient (Wildman–Crippen LogP) is 3.13. The van der Waals surface area contributed by atoms with E-state index >= 15 is 0 Å². The molecule has 2 heterocycles. The second-order valence-corrected chi connectivity index (χ2v) is 6.41. The molecule has 26 heavy (non-hydrogen) atoms. The smallest absolute Gasteiger partial charge is 0.246 e. The molecule has 1 amide bonds. The molecule has 0 fully saturated rings.